The summed E-state index contributed by atoms with van der Waals surface area (Å²) in [4.78, 5) is 11.3. The molecule has 1 aromatic carbocycles. The van der Waals surface area contributed by atoms with Crippen LogP contribution >= 0.6 is 0 Å². The SMILES string of the molecule is CC(=O)OC1C(C)C(C)OC[C@H]1OCc1ccccc1. The summed E-state index contributed by atoms with van der Waals surface area (Å²) in [6.45, 7) is 6.40. The zero-order valence-electron chi connectivity index (χ0n) is 12.2. The molecule has 0 amide bonds. The lowest BCUT2D eigenvalue weighted by Crippen LogP contribution is -2.50. The minimum atomic E-state index is -0.274. The smallest absolute Gasteiger partial charge is 0.303 e. The molecule has 0 aromatic heterocycles. The van der Waals surface area contributed by atoms with E-state index >= 15 is 0 Å². The van der Waals surface area contributed by atoms with Crippen LogP contribution in [-0.4, -0.2) is 30.9 Å². The van der Waals surface area contributed by atoms with Crippen molar-refractivity contribution in [3.8, 4) is 0 Å². The molecule has 20 heavy (non-hydrogen) atoms. The van der Waals surface area contributed by atoms with Crippen molar-refractivity contribution in [2.75, 3.05) is 6.61 Å². The summed E-state index contributed by atoms with van der Waals surface area (Å²) in [5.41, 5.74) is 1.10. The van der Waals surface area contributed by atoms with Gasteiger partial charge < -0.3 is 14.2 Å². The Hall–Kier alpha value is -1.39. The molecule has 0 N–H and O–H groups in total. The number of rotatable bonds is 4. The molecule has 0 spiro atoms. The summed E-state index contributed by atoms with van der Waals surface area (Å²) in [7, 11) is 0. The zero-order valence-corrected chi connectivity index (χ0v) is 12.2. The van der Waals surface area contributed by atoms with Gasteiger partial charge in [-0.3, -0.25) is 4.79 Å². The fourth-order valence-corrected chi connectivity index (χ4v) is 2.39. The lowest BCUT2D eigenvalue weighted by molar-refractivity contribution is -0.196. The van der Waals surface area contributed by atoms with Crippen LogP contribution in [0, 0.1) is 5.92 Å². The highest BCUT2D eigenvalue weighted by Gasteiger charge is 2.38. The average molecular weight is 278 g/mol. The van der Waals surface area contributed by atoms with Crippen molar-refractivity contribution in [1.82, 2.24) is 0 Å². The lowest BCUT2D eigenvalue weighted by Gasteiger charge is -2.39. The molecular weight excluding hydrogens is 256 g/mol. The lowest BCUT2D eigenvalue weighted by atomic mass is 9.92. The van der Waals surface area contributed by atoms with Crippen molar-refractivity contribution in [3.63, 3.8) is 0 Å². The molecule has 110 valence electrons. The molecule has 0 radical (unpaired) electrons. The number of hydrogen-bond acceptors (Lipinski definition) is 4. The Labute approximate surface area is 120 Å². The van der Waals surface area contributed by atoms with Crippen LogP contribution in [0.1, 0.15) is 26.3 Å². The van der Waals surface area contributed by atoms with Crippen LogP contribution in [-0.2, 0) is 25.6 Å². The third-order valence-electron chi connectivity index (χ3n) is 3.76. The molecule has 4 heteroatoms. The van der Waals surface area contributed by atoms with Gasteiger partial charge in [0.15, 0.2) is 0 Å². The molecule has 1 aliphatic rings. The maximum absolute atomic E-state index is 11.3. The second-order valence-corrected chi connectivity index (χ2v) is 5.31. The predicted octanol–water partition coefficient (Wildman–Crippen LogP) is 2.56. The number of benzene rings is 1. The normalized spacial score (nSPS) is 29.9. The van der Waals surface area contributed by atoms with Gasteiger partial charge in [-0.2, -0.15) is 0 Å². The average Bonchev–Trinajstić information content (AvgIpc) is 2.44. The van der Waals surface area contributed by atoms with E-state index in [4.69, 9.17) is 14.2 Å². The quantitative estimate of drug-likeness (QED) is 0.794. The Morgan fingerprint density at radius 3 is 2.65 bits per heavy atom. The summed E-state index contributed by atoms with van der Waals surface area (Å²) < 4.78 is 17.0. The number of ether oxygens (including phenoxy) is 3. The predicted molar refractivity (Wildman–Crippen MR) is 75.2 cm³/mol. The van der Waals surface area contributed by atoms with Crippen LogP contribution in [0.4, 0.5) is 0 Å². The fraction of sp³-hybridized carbons (Fsp3) is 0.562. The number of carbonyl (C=O) groups excluding carboxylic acids is 1. The van der Waals surface area contributed by atoms with Gasteiger partial charge >= 0.3 is 5.97 Å². The van der Waals surface area contributed by atoms with Crippen LogP contribution in [0.2, 0.25) is 0 Å². The topological polar surface area (TPSA) is 44.8 Å². The van der Waals surface area contributed by atoms with Crippen LogP contribution in [0.5, 0.6) is 0 Å². The van der Waals surface area contributed by atoms with Gasteiger partial charge in [0.05, 0.1) is 19.3 Å². The zero-order chi connectivity index (χ0) is 14.5. The molecule has 0 aliphatic carbocycles. The first-order valence-corrected chi connectivity index (χ1v) is 7.02. The first-order valence-electron chi connectivity index (χ1n) is 7.02. The van der Waals surface area contributed by atoms with E-state index in [1.807, 2.05) is 44.2 Å². The Bertz CT molecular complexity index is 431. The van der Waals surface area contributed by atoms with Crippen molar-refractivity contribution >= 4 is 5.97 Å². The molecule has 0 saturated carbocycles. The molecule has 0 bridgehead atoms. The minimum absolute atomic E-state index is 0.0657. The second kappa shape index (κ2) is 6.86. The Kier molecular flexibility index (Phi) is 5.15. The van der Waals surface area contributed by atoms with Gasteiger partial charge in [0, 0.05) is 12.8 Å². The van der Waals surface area contributed by atoms with Crippen LogP contribution < -0.4 is 0 Å². The van der Waals surface area contributed by atoms with Crippen LogP contribution in [0.25, 0.3) is 0 Å². The number of esters is 1. The van der Waals surface area contributed by atoms with E-state index in [0.29, 0.717) is 13.2 Å². The highest BCUT2D eigenvalue weighted by atomic mass is 16.6. The molecule has 4 nitrogen and oxygen atoms in total. The maximum Gasteiger partial charge on any atom is 0.303 e. The minimum Gasteiger partial charge on any atom is -0.459 e. The van der Waals surface area contributed by atoms with E-state index in [1.165, 1.54) is 6.92 Å². The molecular formula is C16H22O4. The maximum atomic E-state index is 11.3. The monoisotopic (exact) mass is 278 g/mol. The van der Waals surface area contributed by atoms with Crippen molar-refractivity contribution < 1.29 is 19.0 Å². The molecule has 3 unspecified atom stereocenters. The van der Waals surface area contributed by atoms with Gasteiger partial charge in [0.25, 0.3) is 0 Å². The second-order valence-electron chi connectivity index (χ2n) is 5.31. The molecule has 1 aromatic rings. The van der Waals surface area contributed by atoms with Gasteiger partial charge in [-0.25, -0.2) is 0 Å². The van der Waals surface area contributed by atoms with Gasteiger partial charge in [0.1, 0.15) is 12.2 Å². The van der Waals surface area contributed by atoms with Crippen LogP contribution in [0.15, 0.2) is 30.3 Å². The summed E-state index contributed by atoms with van der Waals surface area (Å²) in [5, 5.41) is 0. The molecule has 1 saturated heterocycles. The van der Waals surface area contributed by atoms with E-state index in [9.17, 15) is 4.79 Å². The van der Waals surface area contributed by atoms with E-state index in [2.05, 4.69) is 0 Å². The molecule has 2 rings (SSSR count). The van der Waals surface area contributed by atoms with Gasteiger partial charge in [-0.05, 0) is 12.5 Å². The van der Waals surface area contributed by atoms with E-state index in [0.717, 1.165) is 5.56 Å². The fourth-order valence-electron chi connectivity index (χ4n) is 2.39. The van der Waals surface area contributed by atoms with Crippen molar-refractivity contribution in [2.24, 2.45) is 5.92 Å². The Morgan fingerprint density at radius 1 is 1.30 bits per heavy atom. The third-order valence-corrected chi connectivity index (χ3v) is 3.76. The van der Waals surface area contributed by atoms with Gasteiger partial charge in [-0.15, -0.1) is 0 Å². The van der Waals surface area contributed by atoms with Crippen molar-refractivity contribution in [1.29, 1.82) is 0 Å². The Balaban J connectivity index is 1.98. The van der Waals surface area contributed by atoms with Crippen molar-refractivity contribution in [3.05, 3.63) is 35.9 Å². The summed E-state index contributed by atoms with van der Waals surface area (Å²) in [6.07, 6.45) is -0.402. The largest absolute Gasteiger partial charge is 0.459 e. The highest BCUT2D eigenvalue weighted by molar-refractivity contribution is 5.66. The summed E-state index contributed by atoms with van der Waals surface area (Å²) in [5.74, 6) is -0.155. The van der Waals surface area contributed by atoms with E-state index in [-0.39, 0.29) is 30.2 Å². The summed E-state index contributed by atoms with van der Waals surface area (Å²) >= 11 is 0. The number of carbonyl (C=O) groups is 1. The third kappa shape index (κ3) is 3.81. The number of hydrogen-bond donors (Lipinski definition) is 0. The molecule has 1 heterocycles. The highest BCUT2D eigenvalue weighted by Crippen LogP contribution is 2.26. The van der Waals surface area contributed by atoms with E-state index < -0.39 is 0 Å². The first-order chi connectivity index (χ1) is 9.58. The first kappa shape index (κ1) is 15.0. The van der Waals surface area contributed by atoms with Gasteiger partial charge in [0.2, 0.25) is 0 Å². The standard InChI is InChI=1S/C16H22O4/c1-11-12(2)18-10-15(16(11)20-13(3)17)19-9-14-7-5-4-6-8-14/h4-8,11-12,15-16H,9-10H2,1-3H3/t11?,12?,15-,16?/m1/s1. The Morgan fingerprint density at radius 2 is 2.00 bits per heavy atom. The van der Waals surface area contributed by atoms with Crippen LogP contribution in [0.3, 0.4) is 0 Å². The molecule has 1 aliphatic heterocycles. The van der Waals surface area contributed by atoms with Gasteiger partial charge in [-0.1, -0.05) is 37.3 Å². The summed E-state index contributed by atoms with van der Waals surface area (Å²) in [6, 6.07) is 9.94. The molecule has 1 fully saturated rings. The van der Waals surface area contributed by atoms with Crippen molar-refractivity contribution in [2.45, 2.75) is 45.7 Å². The molecule has 4 atom stereocenters. The van der Waals surface area contributed by atoms with E-state index in [1.54, 1.807) is 0 Å².